The molecule has 0 amide bonds. The SMILES string of the molecule is C[C@H](CC(=O)O)Oc1cnc2ccccc2c1. The normalized spacial score (nSPS) is 12.3. The monoisotopic (exact) mass is 231 g/mol. The number of aromatic nitrogens is 1. The summed E-state index contributed by atoms with van der Waals surface area (Å²) in [6.07, 6.45) is 1.23. The zero-order valence-electron chi connectivity index (χ0n) is 9.46. The molecule has 0 fully saturated rings. The molecule has 0 saturated carbocycles. The number of para-hydroxylation sites is 1. The van der Waals surface area contributed by atoms with Gasteiger partial charge in [0.2, 0.25) is 0 Å². The molecule has 2 rings (SSSR count). The molecule has 0 aliphatic carbocycles. The molecule has 4 heteroatoms. The lowest BCUT2D eigenvalue weighted by atomic mass is 10.2. The first-order chi connectivity index (χ1) is 8.15. The molecule has 1 atom stereocenters. The van der Waals surface area contributed by atoms with Crippen molar-refractivity contribution in [2.75, 3.05) is 0 Å². The standard InChI is InChI=1S/C13H13NO3/c1-9(6-13(15)16)17-11-7-10-4-2-3-5-12(10)14-8-11/h2-5,7-9H,6H2,1H3,(H,15,16)/t9-/m1/s1. The minimum Gasteiger partial charge on any atom is -0.488 e. The molecule has 0 bridgehead atoms. The average molecular weight is 231 g/mol. The Bertz CT molecular complexity index is 539. The second-order valence-corrected chi connectivity index (χ2v) is 3.89. The van der Waals surface area contributed by atoms with E-state index in [4.69, 9.17) is 9.84 Å². The van der Waals surface area contributed by atoms with Crippen molar-refractivity contribution in [3.63, 3.8) is 0 Å². The van der Waals surface area contributed by atoms with Crippen LogP contribution in [-0.4, -0.2) is 22.2 Å². The van der Waals surface area contributed by atoms with Crippen molar-refractivity contribution < 1.29 is 14.6 Å². The summed E-state index contributed by atoms with van der Waals surface area (Å²) >= 11 is 0. The minimum absolute atomic E-state index is 0.0210. The molecular weight excluding hydrogens is 218 g/mol. The molecule has 1 aromatic heterocycles. The van der Waals surface area contributed by atoms with Gasteiger partial charge >= 0.3 is 5.97 Å². The van der Waals surface area contributed by atoms with Gasteiger partial charge in [0.05, 0.1) is 18.1 Å². The van der Waals surface area contributed by atoms with Gasteiger partial charge in [-0.2, -0.15) is 0 Å². The molecule has 0 saturated heterocycles. The van der Waals surface area contributed by atoms with Crippen molar-refractivity contribution in [3.05, 3.63) is 36.5 Å². The van der Waals surface area contributed by atoms with E-state index in [2.05, 4.69) is 4.98 Å². The lowest BCUT2D eigenvalue weighted by molar-refractivity contribution is -0.138. The summed E-state index contributed by atoms with van der Waals surface area (Å²) in [6.45, 7) is 1.73. The zero-order valence-corrected chi connectivity index (χ0v) is 9.46. The van der Waals surface area contributed by atoms with E-state index in [1.807, 2.05) is 30.3 Å². The summed E-state index contributed by atoms with van der Waals surface area (Å²) in [5, 5.41) is 9.62. The number of carboxylic acid groups (broad SMARTS) is 1. The topological polar surface area (TPSA) is 59.4 Å². The summed E-state index contributed by atoms with van der Waals surface area (Å²) in [5.41, 5.74) is 0.894. The Hall–Kier alpha value is -2.10. The maximum absolute atomic E-state index is 10.5. The number of hydrogen-bond acceptors (Lipinski definition) is 3. The van der Waals surface area contributed by atoms with Crippen LogP contribution in [0.1, 0.15) is 13.3 Å². The lowest BCUT2D eigenvalue weighted by Gasteiger charge is -2.12. The molecule has 0 aliphatic rings. The second kappa shape index (κ2) is 4.82. The van der Waals surface area contributed by atoms with E-state index in [1.54, 1.807) is 13.1 Å². The fourth-order valence-corrected chi connectivity index (χ4v) is 1.64. The smallest absolute Gasteiger partial charge is 0.307 e. The Morgan fingerprint density at radius 1 is 1.47 bits per heavy atom. The fraction of sp³-hybridized carbons (Fsp3) is 0.231. The van der Waals surface area contributed by atoms with E-state index in [1.165, 1.54) is 0 Å². The van der Waals surface area contributed by atoms with Gasteiger partial charge in [0.1, 0.15) is 11.9 Å². The van der Waals surface area contributed by atoms with Crippen LogP contribution < -0.4 is 4.74 Å². The maximum Gasteiger partial charge on any atom is 0.307 e. The van der Waals surface area contributed by atoms with Crippen molar-refractivity contribution in [2.45, 2.75) is 19.4 Å². The van der Waals surface area contributed by atoms with Crippen LogP contribution in [0.25, 0.3) is 10.9 Å². The number of hydrogen-bond donors (Lipinski definition) is 1. The number of ether oxygens (including phenoxy) is 1. The van der Waals surface area contributed by atoms with Crippen molar-refractivity contribution in [2.24, 2.45) is 0 Å². The Balaban J connectivity index is 2.16. The summed E-state index contributed by atoms with van der Waals surface area (Å²) in [5.74, 6) is -0.274. The molecule has 0 aliphatic heterocycles. The minimum atomic E-state index is -0.869. The highest BCUT2D eigenvalue weighted by molar-refractivity contribution is 5.79. The third-order valence-electron chi connectivity index (χ3n) is 2.36. The van der Waals surface area contributed by atoms with Gasteiger partial charge in [-0.05, 0) is 19.1 Å². The number of rotatable bonds is 4. The molecule has 0 spiro atoms. The van der Waals surface area contributed by atoms with E-state index in [0.717, 1.165) is 10.9 Å². The molecule has 4 nitrogen and oxygen atoms in total. The first-order valence-electron chi connectivity index (χ1n) is 5.38. The van der Waals surface area contributed by atoms with E-state index in [-0.39, 0.29) is 12.5 Å². The van der Waals surface area contributed by atoms with E-state index in [9.17, 15) is 4.79 Å². The summed E-state index contributed by atoms with van der Waals surface area (Å²) in [4.78, 5) is 14.8. The summed E-state index contributed by atoms with van der Waals surface area (Å²) < 4.78 is 5.49. The Morgan fingerprint density at radius 2 is 2.24 bits per heavy atom. The highest BCUT2D eigenvalue weighted by Crippen LogP contribution is 2.19. The Morgan fingerprint density at radius 3 is 3.00 bits per heavy atom. The lowest BCUT2D eigenvalue weighted by Crippen LogP contribution is -2.16. The largest absolute Gasteiger partial charge is 0.488 e. The maximum atomic E-state index is 10.5. The van der Waals surface area contributed by atoms with Crippen molar-refractivity contribution >= 4 is 16.9 Å². The number of benzene rings is 1. The van der Waals surface area contributed by atoms with Crippen molar-refractivity contribution in [3.8, 4) is 5.75 Å². The van der Waals surface area contributed by atoms with Crippen LogP contribution in [-0.2, 0) is 4.79 Å². The van der Waals surface area contributed by atoms with Gasteiger partial charge in [0.15, 0.2) is 0 Å². The number of fused-ring (bicyclic) bond motifs is 1. The molecule has 2 aromatic rings. The zero-order chi connectivity index (χ0) is 12.3. The highest BCUT2D eigenvalue weighted by atomic mass is 16.5. The van der Waals surface area contributed by atoms with E-state index in [0.29, 0.717) is 5.75 Å². The molecule has 1 aromatic carbocycles. The predicted molar refractivity (Wildman–Crippen MR) is 64.1 cm³/mol. The predicted octanol–water partition coefficient (Wildman–Crippen LogP) is 2.48. The number of carbonyl (C=O) groups is 1. The van der Waals surface area contributed by atoms with Crippen molar-refractivity contribution in [1.29, 1.82) is 0 Å². The molecule has 17 heavy (non-hydrogen) atoms. The average Bonchev–Trinajstić information content (AvgIpc) is 2.27. The number of carboxylic acids is 1. The van der Waals surface area contributed by atoms with Gasteiger partial charge in [-0.1, -0.05) is 18.2 Å². The van der Waals surface area contributed by atoms with Crippen LogP contribution >= 0.6 is 0 Å². The second-order valence-electron chi connectivity index (χ2n) is 3.89. The molecule has 1 N–H and O–H groups in total. The van der Waals surface area contributed by atoms with Gasteiger partial charge in [-0.15, -0.1) is 0 Å². The molecule has 0 radical (unpaired) electrons. The first-order valence-corrected chi connectivity index (χ1v) is 5.38. The van der Waals surface area contributed by atoms with Crippen LogP contribution in [0.4, 0.5) is 0 Å². The first kappa shape index (κ1) is 11.4. The highest BCUT2D eigenvalue weighted by Gasteiger charge is 2.09. The molecule has 88 valence electrons. The third-order valence-corrected chi connectivity index (χ3v) is 2.36. The number of aliphatic carboxylic acids is 1. The van der Waals surface area contributed by atoms with Gasteiger partial charge in [-0.25, -0.2) is 0 Å². The quantitative estimate of drug-likeness (QED) is 0.878. The molecular formula is C13H13NO3. The van der Waals surface area contributed by atoms with Crippen LogP contribution in [0.5, 0.6) is 5.75 Å². The number of pyridine rings is 1. The van der Waals surface area contributed by atoms with E-state index >= 15 is 0 Å². The van der Waals surface area contributed by atoms with Gasteiger partial charge in [-0.3, -0.25) is 9.78 Å². The van der Waals surface area contributed by atoms with Crippen LogP contribution in [0.15, 0.2) is 36.5 Å². The Labute approximate surface area is 98.9 Å². The molecule has 1 heterocycles. The van der Waals surface area contributed by atoms with Crippen LogP contribution in [0, 0.1) is 0 Å². The summed E-state index contributed by atoms with van der Waals surface area (Å²) in [6, 6.07) is 9.56. The van der Waals surface area contributed by atoms with Crippen molar-refractivity contribution in [1.82, 2.24) is 4.98 Å². The molecule has 0 unspecified atom stereocenters. The van der Waals surface area contributed by atoms with Gasteiger partial charge < -0.3 is 9.84 Å². The van der Waals surface area contributed by atoms with Gasteiger partial charge in [0, 0.05) is 5.39 Å². The summed E-state index contributed by atoms with van der Waals surface area (Å²) in [7, 11) is 0. The van der Waals surface area contributed by atoms with Crippen LogP contribution in [0.3, 0.4) is 0 Å². The Kier molecular flexibility index (Phi) is 3.23. The van der Waals surface area contributed by atoms with Gasteiger partial charge in [0.25, 0.3) is 0 Å². The fourth-order valence-electron chi connectivity index (χ4n) is 1.64. The third kappa shape index (κ3) is 2.93. The van der Waals surface area contributed by atoms with E-state index < -0.39 is 5.97 Å². The number of nitrogens with zero attached hydrogens (tertiary/aromatic N) is 1. The van der Waals surface area contributed by atoms with Crippen LogP contribution in [0.2, 0.25) is 0 Å².